The number of benzene rings is 2. The van der Waals surface area contributed by atoms with Gasteiger partial charge in [-0.3, -0.25) is 0 Å². The maximum Gasteiger partial charge on any atom is 0.208 e. The van der Waals surface area contributed by atoms with Crippen molar-refractivity contribution >= 4 is 22.7 Å². The first-order valence-corrected chi connectivity index (χ1v) is 5.65. The average molecular weight is 223 g/mol. The molecule has 0 spiro atoms. The third-order valence-electron chi connectivity index (χ3n) is 3.03. The molecule has 0 N–H and O–H groups in total. The number of aliphatic imine (C=N–C) groups is 1. The van der Waals surface area contributed by atoms with E-state index in [4.69, 9.17) is 4.74 Å². The van der Waals surface area contributed by atoms with Crippen LogP contribution in [-0.2, 0) is 11.3 Å². The van der Waals surface area contributed by atoms with E-state index in [2.05, 4.69) is 47.5 Å². The van der Waals surface area contributed by atoms with Crippen molar-refractivity contribution in [1.29, 1.82) is 0 Å². The van der Waals surface area contributed by atoms with Crippen LogP contribution < -0.4 is 0 Å². The molecule has 0 fully saturated rings. The number of rotatable bonds is 0. The molecule has 0 aromatic heterocycles. The molecule has 0 saturated carbocycles. The van der Waals surface area contributed by atoms with Gasteiger partial charge in [0.25, 0.3) is 0 Å². The predicted molar refractivity (Wildman–Crippen MR) is 71.1 cm³/mol. The Kier molecular flexibility index (Phi) is 2.41. The largest absolute Gasteiger partial charge is 0.481 e. The molecule has 0 radical (unpaired) electrons. The van der Waals surface area contributed by atoms with Crippen LogP contribution in [0.5, 0.6) is 0 Å². The molecule has 1 aliphatic heterocycles. The van der Waals surface area contributed by atoms with Crippen molar-refractivity contribution in [2.45, 2.75) is 6.54 Å². The van der Waals surface area contributed by atoms with E-state index >= 15 is 0 Å². The summed E-state index contributed by atoms with van der Waals surface area (Å²) in [7, 11) is 1.65. The van der Waals surface area contributed by atoms with E-state index in [1.54, 1.807) is 7.11 Å². The number of hydrogen-bond donors (Lipinski definition) is 0. The van der Waals surface area contributed by atoms with Gasteiger partial charge in [-0.05, 0) is 40.1 Å². The van der Waals surface area contributed by atoms with Crippen LogP contribution in [0.15, 0.2) is 47.5 Å². The highest BCUT2D eigenvalue weighted by Gasteiger charge is 2.06. The third kappa shape index (κ3) is 1.82. The Morgan fingerprint density at radius 1 is 1.06 bits per heavy atom. The number of ether oxygens (including phenoxy) is 1. The van der Waals surface area contributed by atoms with Gasteiger partial charge in [0.1, 0.15) is 0 Å². The van der Waals surface area contributed by atoms with Crippen molar-refractivity contribution in [2.24, 2.45) is 4.99 Å². The van der Waals surface area contributed by atoms with E-state index in [1.807, 2.05) is 6.08 Å². The van der Waals surface area contributed by atoms with Gasteiger partial charge in [-0.15, -0.1) is 0 Å². The highest BCUT2D eigenvalue weighted by atomic mass is 16.5. The summed E-state index contributed by atoms with van der Waals surface area (Å²) >= 11 is 0. The lowest BCUT2D eigenvalue weighted by Crippen LogP contribution is -1.95. The van der Waals surface area contributed by atoms with Crippen molar-refractivity contribution in [2.75, 3.05) is 7.11 Å². The van der Waals surface area contributed by atoms with Crippen LogP contribution in [0.4, 0.5) is 0 Å². The van der Waals surface area contributed by atoms with Crippen LogP contribution in [-0.4, -0.2) is 13.0 Å². The fourth-order valence-corrected chi connectivity index (χ4v) is 2.11. The summed E-state index contributed by atoms with van der Waals surface area (Å²) in [6, 6.07) is 12.8. The number of methoxy groups -OCH3 is 1. The van der Waals surface area contributed by atoms with Gasteiger partial charge in [-0.2, -0.15) is 0 Å². The standard InChI is InChI=1S/C15H13NO/c1-17-15-7-6-13-8-11-4-2-3-5-12(11)9-14(13)10-16-15/h2-9H,10H2,1H3. The SMILES string of the molecule is COC1=NCc2cc3ccccc3cc2C=C1. The summed E-state index contributed by atoms with van der Waals surface area (Å²) in [5.74, 6) is 0.685. The first-order valence-electron chi connectivity index (χ1n) is 5.65. The van der Waals surface area contributed by atoms with E-state index in [9.17, 15) is 0 Å². The first kappa shape index (κ1) is 10.1. The fourth-order valence-electron chi connectivity index (χ4n) is 2.11. The highest BCUT2D eigenvalue weighted by molar-refractivity contribution is 5.94. The molecule has 0 saturated heterocycles. The van der Waals surface area contributed by atoms with Crippen molar-refractivity contribution < 1.29 is 4.74 Å². The van der Waals surface area contributed by atoms with Gasteiger partial charge < -0.3 is 4.74 Å². The monoisotopic (exact) mass is 223 g/mol. The molecule has 2 heteroatoms. The topological polar surface area (TPSA) is 21.6 Å². The third-order valence-corrected chi connectivity index (χ3v) is 3.03. The van der Waals surface area contributed by atoms with Crippen molar-refractivity contribution in [3.63, 3.8) is 0 Å². The Bertz CT molecular complexity index is 626. The number of fused-ring (bicyclic) bond motifs is 2. The quantitative estimate of drug-likeness (QED) is 0.670. The predicted octanol–water partition coefficient (Wildman–Crippen LogP) is 3.41. The molecule has 2 nitrogen and oxygen atoms in total. The van der Waals surface area contributed by atoms with Crippen molar-refractivity contribution in [1.82, 2.24) is 0 Å². The Labute approximate surface area is 100 Å². The van der Waals surface area contributed by atoms with Gasteiger partial charge in [-0.1, -0.05) is 24.3 Å². The van der Waals surface area contributed by atoms with Crippen LogP contribution in [0.2, 0.25) is 0 Å². The summed E-state index contributed by atoms with van der Waals surface area (Å²) < 4.78 is 5.16. The smallest absolute Gasteiger partial charge is 0.208 e. The minimum atomic E-state index is 0.677. The molecule has 2 aromatic carbocycles. The van der Waals surface area contributed by atoms with E-state index < -0.39 is 0 Å². The van der Waals surface area contributed by atoms with Crippen molar-refractivity contribution in [3.05, 3.63) is 53.6 Å². The van der Waals surface area contributed by atoms with Gasteiger partial charge in [0.15, 0.2) is 0 Å². The van der Waals surface area contributed by atoms with Crippen molar-refractivity contribution in [3.8, 4) is 0 Å². The zero-order chi connectivity index (χ0) is 11.7. The zero-order valence-corrected chi connectivity index (χ0v) is 9.68. The van der Waals surface area contributed by atoms with E-state index in [-0.39, 0.29) is 0 Å². The zero-order valence-electron chi connectivity index (χ0n) is 9.68. The van der Waals surface area contributed by atoms with E-state index in [1.165, 1.54) is 21.9 Å². The minimum absolute atomic E-state index is 0.677. The first-order chi connectivity index (χ1) is 8.36. The molecule has 84 valence electrons. The second-order valence-corrected chi connectivity index (χ2v) is 4.09. The molecule has 1 heterocycles. The second-order valence-electron chi connectivity index (χ2n) is 4.09. The van der Waals surface area contributed by atoms with Crippen LogP contribution >= 0.6 is 0 Å². The van der Waals surface area contributed by atoms with Crippen LogP contribution in [0.3, 0.4) is 0 Å². The molecular weight excluding hydrogens is 210 g/mol. The summed E-state index contributed by atoms with van der Waals surface area (Å²) in [6.45, 7) is 0.677. The molecule has 2 aromatic rings. The maximum absolute atomic E-state index is 5.16. The van der Waals surface area contributed by atoms with Gasteiger partial charge >= 0.3 is 0 Å². The van der Waals surface area contributed by atoms with Crippen LogP contribution in [0.25, 0.3) is 16.8 Å². The fraction of sp³-hybridized carbons (Fsp3) is 0.133. The summed E-state index contributed by atoms with van der Waals surface area (Å²) in [5.41, 5.74) is 2.46. The Balaban J connectivity index is 2.17. The molecule has 0 amide bonds. The molecule has 3 rings (SSSR count). The Morgan fingerprint density at radius 3 is 2.59 bits per heavy atom. The lowest BCUT2D eigenvalue weighted by molar-refractivity contribution is 0.405. The summed E-state index contributed by atoms with van der Waals surface area (Å²) in [6.07, 6.45) is 3.98. The minimum Gasteiger partial charge on any atom is -0.481 e. The molecule has 1 aliphatic rings. The van der Waals surface area contributed by atoms with Crippen LogP contribution in [0.1, 0.15) is 11.1 Å². The lowest BCUT2D eigenvalue weighted by atomic mass is 10.0. The lowest BCUT2D eigenvalue weighted by Gasteiger charge is -2.05. The number of nitrogens with zero attached hydrogens (tertiary/aromatic N) is 1. The van der Waals surface area contributed by atoms with Gasteiger partial charge in [0.2, 0.25) is 5.90 Å². The molecule has 17 heavy (non-hydrogen) atoms. The van der Waals surface area contributed by atoms with Crippen LogP contribution in [0, 0.1) is 0 Å². The molecule has 0 atom stereocenters. The second kappa shape index (κ2) is 4.06. The normalized spacial score (nSPS) is 14.1. The van der Waals surface area contributed by atoms with Gasteiger partial charge in [-0.25, -0.2) is 4.99 Å². The van der Waals surface area contributed by atoms with Gasteiger partial charge in [0.05, 0.1) is 13.7 Å². The summed E-state index contributed by atoms with van der Waals surface area (Å²) in [5, 5.41) is 2.52. The average Bonchev–Trinajstić information content (AvgIpc) is 2.58. The van der Waals surface area contributed by atoms with E-state index in [0.29, 0.717) is 12.4 Å². The molecule has 0 unspecified atom stereocenters. The Hall–Kier alpha value is -2.09. The summed E-state index contributed by atoms with van der Waals surface area (Å²) in [4.78, 5) is 4.40. The highest BCUT2D eigenvalue weighted by Crippen LogP contribution is 2.23. The molecular formula is C15H13NO. The molecule has 0 bridgehead atoms. The maximum atomic E-state index is 5.16. The number of hydrogen-bond acceptors (Lipinski definition) is 2. The van der Waals surface area contributed by atoms with E-state index in [0.717, 1.165) is 0 Å². The van der Waals surface area contributed by atoms with Gasteiger partial charge in [0, 0.05) is 6.08 Å². The molecule has 0 aliphatic carbocycles. The Morgan fingerprint density at radius 2 is 1.82 bits per heavy atom.